The molecule has 0 radical (unpaired) electrons. The first kappa shape index (κ1) is 18.5. The number of rotatable bonds is 3. The Morgan fingerprint density at radius 3 is 2.67 bits per heavy atom. The van der Waals surface area contributed by atoms with Crippen molar-refractivity contribution in [3.8, 4) is 5.69 Å². The molecular formula is C18H25ClN4O. The molecule has 1 atom stereocenters. The molecule has 1 aromatic heterocycles. The largest absolute Gasteiger partial charge is 0.341 e. The van der Waals surface area contributed by atoms with Crippen LogP contribution in [0.25, 0.3) is 5.69 Å². The molecule has 2 aromatic rings. The van der Waals surface area contributed by atoms with Crippen molar-refractivity contribution in [1.29, 1.82) is 0 Å². The van der Waals surface area contributed by atoms with Crippen LogP contribution in [-0.4, -0.2) is 39.7 Å². The van der Waals surface area contributed by atoms with Crippen LogP contribution >= 0.6 is 12.4 Å². The van der Waals surface area contributed by atoms with Gasteiger partial charge < -0.3 is 10.6 Å². The molecule has 24 heavy (non-hydrogen) atoms. The van der Waals surface area contributed by atoms with E-state index < -0.39 is 0 Å². The molecule has 1 aromatic carbocycles. The van der Waals surface area contributed by atoms with Crippen LogP contribution in [0.4, 0.5) is 0 Å². The fourth-order valence-corrected chi connectivity index (χ4v) is 3.25. The summed E-state index contributed by atoms with van der Waals surface area (Å²) in [6.45, 7) is 5.48. The predicted octanol–water partition coefficient (Wildman–Crippen LogP) is 2.40. The summed E-state index contributed by atoms with van der Waals surface area (Å²) in [7, 11) is 0. The van der Waals surface area contributed by atoms with E-state index >= 15 is 0 Å². The fraction of sp³-hybridized carbons (Fsp3) is 0.444. The Kier molecular flexibility index (Phi) is 6.02. The van der Waals surface area contributed by atoms with E-state index in [1.165, 1.54) is 0 Å². The lowest BCUT2D eigenvalue weighted by Gasteiger charge is -2.30. The summed E-state index contributed by atoms with van der Waals surface area (Å²) in [6, 6.07) is 10.1. The van der Waals surface area contributed by atoms with Crippen molar-refractivity contribution < 1.29 is 4.79 Å². The Bertz CT molecular complexity index is 699. The predicted molar refractivity (Wildman–Crippen MR) is 97.8 cm³/mol. The second kappa shape index (κ2) is 7.81. The van der Waals surface area contributed by atoms with Crippen LogP contribution in [0.5, 0.6) is 0 Å². The van der Waals surface area contributed by atoms with E-state index in [1.807, 2.05) is 53.8 Å². The van der Waals surface area contributed by atoms with Gasteiger partial charge in [-0.3, -0.25) is 4.79 Å². The number of aryl methyl sites for hydroxylation is 1. The lowest BCUT2D eigenvalue weighted by atomic mass is 10.0. The lowest BCUT2D eigenvalue weighted by Crippen LogP contribution is -2.46. The molecule has 1 amide bonds. The number of carbonyl (C=O) groups is 1. The number of piperidine rings is 1. The summed E-state index contributed by atoms with van der Waals surface area (Å²) in [6.07, 6.45) is 2.40. The number of hydrogen-bond donors (Lipinski definition) is 1. The first-order valence-corrected chi connectivity index (χ1v) is 8.20. The van der Waals surface area contributed by atoms with Crippen molar-refractivity contribution in [3.63, 3.8) is 0 Å². The van der Waals surface area contributed by atoms with Crippen molar-refractivity contribution in [2.45, 2.75) is 39.2 Å². The quantitative estimate of drug-likeness (QED) is 0.926. The van der Waals surface area contributed by atoms with Crippen LogP contribution in [0, 0.1) is 13.8 Å². The molecule has 2 heterocycles. The molecule has 0 aliphatic carbocycles. The number of nitrogens with two attached hydrogens (primary N) is 1. The molecule has 0 bridgehead atoms. The number of halogens is 1. The third kappa shape index (κ3) is 3.79. The number of para-hydroxylation sites is 1. The van der Waals surface area contributed by atoms with Gasteiger partial charge in [-0.25, -0.2) is 4.68 Å². The Hall–Kier alpha value is -1.85. The highest BCUT2D eigenvalue weighted by atomic mass is 35.5. The number of hydrogen-bond acceptors (Lipinski definition) is 3. The maximum absolute atomic E-state index is 12.6. The number of amides is 1. The third-order valence-corrected chi connectivity index (χ3v) is 4.58. The van der Waals surface area contributed by atoms with Gasteiger partial charge in [-0.05, 0) is 38.8 Å². The van der Waals surface area contributed by atoms with Gasteiger partial charge in [-0.15, -0.1) is 12.4 Å². The van der Waals surface area contributed by atoms with E-state index in [0.29, 0.717) is 13.0 Å². The highest BCUT2D eigenvalue weighted by Gasteiger charge is 2.23. The van der Waals surface area contributed by atoms with Crippen LogP contribution in [0.3, 0.4) is 0 Å². The number of carbonyl (C=O) groups excluding carboxylic acids is 1. The standard InChI is InChI=1S/C18H24N4O.ClH/c1-13-17(11-18(23)21-10-6-7-15(19)12-21)14(2)22(20-13)16-8-4-3-5-9-16;/h3-5,8-9,15H,6-7,10-12,19H2,1-2H3;1H. The molecule has 0 spiro atoms. The second-order valence-electron chi connectivity index (χ2n) is 6.32. The number of likely N-dealkylation sites (tertiary alicyclic amines) is 1. The van der Waals surface area contributed by atoms with Gasteiger partial charge in [-0.2, -0.15) is 5.10 Å². The van der Waals surface area contributed by atoms with Crippen LogP contribution in [-0.2, 0) is 11.2 Å². The Labute approximate surface area is 149 Å². The topological polar surface area (TPSA) is 64.2 Å². The Balaban J connectivity index is 0.00000208. The zero-order valence-electron chi connectivity index (χ0n) is 14.2. The van der Waals surface area contributed by atoms with Gasteiger partial charge in [0.2, 0.25) is 5.91 Å². The van der Waals surface area contributed by atoms with Gasteiger partial charge in [0.1, 0.15) is 0 Å². The van der Waals surface area contributed by atoms with Gasteiger partial charge >= 0.3 is 0 Å². The van der Waals surface area contributed by atoms with Crippen LogP contribution < -0.4 is 5.73 Å². The first-order valence-electron chi connectivity index (χ1n) is 8.20. The Morgan fingerprint density at radius 1 is 1.29 bits per heavy atom. The SMILES string of the molecule is Cc1nn(-c2ccccc2)c(C)c1CC(=O)N1CCCC(N)C1.Cl. The molecule has 130 valence electrons. The molecule has 5 nitrogen and oxygen atoms in total. The van der Waals surface area contributed by atoms with E-state index in [-0.39, 0.29) is 24.4 Å². The zero-order chi connectivity index (χ0) is 16.4. The second-order valence-corrected chi connectivity index (χ2v) is 6.32. The molecule has 0 saturated carbocycles. The average Bonchev–Trinajstić information content (AvgIpc) is 2.84. The summed E-state index contributed by atoms with van der Waals surface area (Å²) < 4.78 is 1.92. The Morgan fingerprint density at radius 2 is 2.00 bits per heavy atom. The summed E-state index contributed by atoms with van der Waals surface area (Å²) in [5.74, 6) is 0.152. The molecule has 6 heteroatoms. The van der Waals surface area contributed by atoms with Crippen LogP contribution in [0.1, 0.15) is 29.8 Å². The molecular weight excluding hydrogens is 324 g/mol. The van der Waals surface area contributed by atoms with Gasteiger partial charge in [-0.1, -0.05) is 18.2 Å². The highest BCUT2D eigenvalue weighted by molar-refractivity contribution is 5.85. The van der Waals surface area contributed by atoms with Gasteiger partial charge in [0.25, 0.3) is 0 Å². The van der Waals surface area contributed by atoms with Crippen LogP contribution in [0.2, 0.25) is 0 Å². The zero-order valence-corrected chi connectivity index (χ0v) is 15.1. The lowest BCUT2D eigenvalue weighted by molar-refractivity contribution is -0.131. The fourth-order valence-electron chi connectivity index (χ4n) is 3.25. The van der Waals surface area contributed by atoms with Crippen LogP contribution in [0.15, 0.2) is 30.3 Å². The van der Waals surface area contributed by atoms with Crippen molar-refractivity contribution in [2.24, 2.45) is 5.73 Å². The van der Waals surface area contributed by atoms with Crippen molar-refractivity contribution in [2.75, 3.05) is 13.1 Å². The summed E-state index contributed by atoms with van der Waals surface area (Å²) in [5.41, 5.74) is 9.98. The van der Waals surface area contributed by atoms with E-state index in [1.54, 1.807) is 0 Å². The number of aromatic nitrogens is 2. The number of benzene rings is 1. The summed E-state index contributed by atoms with van der Waals surface area (Å²) in [4.78, 5) is 14.5. The maximum atomic E-state index is 12.6. The van der Waals surface area contributed by atoms with Crippen molar-refractivity contribution >= 4 is 18.3 Å². The first-order chi connectivity index (χ1) is 11.1. The summed E-state index contributed by atoms with van der Waals surface area (Å²) in [5, 5.41) is 4.61. The monoisotopic (exact) mass is 348 g/mol. The molecule has 1 aliphatic rings. The highest BCUT2D eigenvalue weighted by Crippen LogP contribution is 2.20. The molecule has 1 saturated heterocycles. The third-order valence-electron chi connectivity index (χ3n) is 4.58. The van der Waals surface area contributed by atoms with Crippen molar-refractivity contribution in [3.05, 3.63) is 47.3 Å². The minimum absolute atomic E-state index is 0. The number of nitrogens with zero attached hydrogens (tertiary/aromatic N) is 3. The molecule has 2 N–H and O–H groups in total. The summed E-state index contributed by atoms with van der Waals surface area (Å²) >= 11 is 0. The average molecular weight is 349 g/mol. The minimum Gasteiger partial charge on any atom is -0.341 e. The molecule has 1 aliphatic heterocycles. The molecule has 3 rings (SSSR count). The van der Waals surface area contributed by atoms with Gasteiger partial charge in [0, 0.05) is 30.4 Å². The van der Waals surface area contributed by atoms with Crippen molar-refractivity contribution in [1.82, 2.24) is 14.7 Å². The van der Waals surface area contributed by atoms with E-state index in [4.69, 9.17) is 5.73 Å². The molecule has 1 unspecified atom stereocenters. The van der Waals surface area contributed by atoms with Gasteiger partial charge in [0.05, 0.1) is 17.8 Å². The smallest absolute Gasteiger partial charge is 0.227 e. The van der Waals surface area contributed by atoms with E-state index in [2.05, 4.69) is 5.10 Å². The molecule has 1 fully saturated rings. The minimum atomic E-state index is 0. The van der Waals surface area contributed by atoms with Gasteiger partial charge in [0.15, 0.2) is 0 Å². The van der Waals surface area contributed by atoms with E-state index in [0.717, 1.165) is 42.0 Å². The van der Waals surface area contributed by atoms with E-state index in [9.17, 15) is 4.79 Å². The maximum Gasteiger partial charge on any atom is 0.227 e. The normalized spacial score (nSPS) is 17.5.